The maximum Gasteiger partial charge on any atom is 0.0834 e. The van der Waals surface area contributed by atoms with Crippen LogP contribution < -0.4 is 5.73 Å². The van der Waals surface area contributed by atoms with Crippen LogP contribution in [0.5, 0.6) is 0 Å². The van der Waals surface area contributed by atoms with Crippen molar-refractivity contribution in [2.75, 3.05) is 33.7 Å². The van der Waals surface area contributed by atoms with Crippen LogP contribution >= 0.6 is 11.6 Å². The van der Waals surface area contributed by atoms with Gasteiger partial charge < -0.3 is 15.5 Å². The Morgan fingerprint density at radius 3 is 2.72 bits per heavy atom. The summed E-state index contributed by atoms with van der Waals surface area (Å²) >= 11 is 6.19. The molecular weight excluding hydrogens is 250 g/mol. The van der Waals surface area contributed by atoms with Gasteiger partial charge in [0.2, 0.25) is 0 Å². The summed E-state index contributed by atoms with van der Waals surface area (Å²) in [6.07, 6.45) is 2.84. The average Bonchev–Trinajstić information content (AvgIpc) is 2.54. The minimum Gasteiger partial charge on any atom is -0.321 e. The smallest absolute Gasteiger partial charge is 0.0834 e. The molecule has 2 unspecified atom stereocenters. The van der Waals surface area contributed by atoms with Crippen LogP contribution in [0.15, 0.2) is 6.20 Å². The van der Waals surface area contributed by atoms with Gasteiger partial charge in [-0.3, -0.25) is 4.68 Å². The molecule has 1 fully saturated rings. The fourth-order valence-corrected chi connectivity index (χ4v) is 2.96. The lowest BCUT2D eigenvalue weighted by molar-refractivity contribution is 0.193. The Bertz CT molecular complexity index is 386. The number of nitrogens with zero attached hydrogens (tertiary/aromatic N) is 4. The van der Waals surface area contributed by atoms with Crippen molar-refractivity contribution in [2.24, 2.45) is 12.8 Å². The lowest BCUT2D eigenvalue weighted by Crippen LogP contribution is -2.45. The summed E-state index contributed by atoms with van der Waals surface area (Å²) in [6, 6.07) is 0.154. The average molecular weight is 272 g/mol. The summed E-state index contributed by atoms with van der Waals surface area (Å²) in [7, 11) is 6.17. The van der Waals surface area contributed by atoms with Crippen LogP contribution in [0.3, 0.4) is 0 Å². The molecule has 0 amide bonds. The molecule has 18 heavy (non-hydrogen) atoms. The van der Waals surface area contributed by atoms with E-state index in [4.69, 9.17) is 17.3 Å². The van der Waals surface area contributed by atoms with E-state index in [2.05, 4.69) is 29.0 Å². The molecule has 0 bridgehead atoms. The van der Waals surface area contributed by atoms with Crippen molar-refractivity contribution in [1.82, 2.24) is 19.6 Å². The van der Waals surface area contributed by atoms with Crippen LogP contribution in [0.1, 0.15) is 18.2 Å². The van der Waals surface area contributed by atoms with Gasteiger partial charge in [0.15, 0.2) is 0 Å². The summed E-state index contributed by atoms with van der Waals surface area (Å²) in [5.41, 5.74) is 7.34. The van der Waals surface area contributed by atoms with E-state index in [0.717, 1.165) is 25.3 Å². The summed E-state index contributed by atoms with van der Waals surface area (Å²) in [4.78, 5) is 4.66. The van der Waals surface area contributed by atoms with E-state index in [1.165, 1.54) is 6.42 Å². The molecule has 1 saturated heterocycles. The molecule has 1 aliphatic rings. The minimum atomic E-state index is -0.115. The largest absolute Gasteiger partial charge is 0.321 e. The molecule has 0 radical (unpaired) electrons. The molecule has 0 aliphatic carbocycles. The van der Waals surface area contributed by atoms with Gasteiger partial charge in [0.25, 0.3) is 0 Å². The SMILES string of the molecule is CN1CCCN(C)C(C(N)c2c(Cl)cnn2C)C1. The summed E-state index contributed by atoms with van der Waals surface area (Å²) in [6.45, 7) is 3.14. The van der Waals surface area contributed by atoms with Crippen molar-refractivity contribution < 1.29 is 0 Å². The van der Waals surface area contributed by atoms with E-state index in [9.17, 15) is 0 Å². The van der Waals surface area contributed by atoms with E-state index >= 15 is 0 Å². The van der Waals surface area contributed by atoms with Crippen molar-refractivity contribution in [1.29, 1.82) is 0 Å². The van der Waals surface area contributed by atoms with Crippen LogP contribution in [-0.2, 0) is 7.05 Å². The van der Waals surface area contributed by atoms with Crippen molar-refractivity contribution in [3.05, 3.63) is 16.9 Å². The predicted molar refractivity (Wildman–Crippen MR) is 73.7 cm³/mol. The van der Waals surface area contributed by atoms with Crippen LogP contribution in [0, 0.1) is 0 Å². The number of likely N-dealkylation sites (N-methyl/N-ethyl adjacent to an activating group) is 2. The summed E-state index contributed by atoms with van der Waals surface area (Å²) < 4.78 is 1.78. The Balaban J connectivity index is 2.23. The normalized spacial score (nSPS) is 25.1. The lowest BCUT2D eigenvalue weighted by Gasteiger charge is -2.32. The molecule has 1 aromatic heterocycles. The Labute approximate surface area is 113 Å². The first kappa shape index (κ1) is 13.8. The molecule has 2 N–H and O–H groups in total. The molecule has 2 atom stereocenters. The zero-order chi connectivity index (χ0) is 13.3. The molecule has 0 saturated carbocycles. The maximum atomic E-state index is 6.42. The van der Waals surface area contributed by atoms with Gasteiger partial charge in [-0.25, -0.2) is 0 Å². The van der Waals surface area contributed by atoms with Crippen molar-refractivity contribution in [3.8, 4) is 0 Å². The Morgan fingerprint density at radius 2 is 2.11 bits per heavy atom. The van der Waals surface area contributed by atoms with Crippen molar-refractivity contribution in [3.63, 3.8) is 0 Å². The third-order valence-electron chi connectivity index (χ3n) is 3.78. The fourth-order valence-electron chi connectivity index (χ4n) is 2.67. The van der Waals surface area contributed by atoms with Crippen molar-refractivity contribution >= 4 is 11.6 Å². The summed E-state index contributed by atoms with van der Waals surface area (Å²) in [5, 5.41) is 4.83. The summed E-state index contributed by atoms with van der Waals surface area (Å²) in [5.74, 6) is 0. The zero-order valence-corrected chi connectivity index (χ0v) is 12.1. The quantitative estimate of drug-likeness (QED) is 0.861. The van der Waals surface area contributed by atoms with E-state index in [1.54, 1.807) is 10.9 Å². The molecule has 1 aliphatic heterocycles. The van der Waals surface area contributed by atoms with Gasteiger partial charge in [-0.1, -0.05) is 11.6 Å². The van der Waals surface area contributed by atoms with Gasteiger partial charge in [-0.05, 0) is 33.6 Å². The first-order valence-electron chi connectivity index (χ1n) is 6.32. The molecular formula is C12H22ClN5. The van der Waals surface area contributed by atoms with Gasteiger partial charge in [0.1, 0.15) is 0 Å². The molecule has 0 aromatic carbocycles. The first-order chi connectivity index (χ1) is 8.50. The van der Waals surface area contributed by atoms with E-state index < -0.39 is 0 Å². The van der Waals surface area contributed by atoms with Crippen LogP contribution in [0.2, 0.25) is 5.02 Å². The van der Waals surface area contributed by atoms with Gasteiger partial charge in [-0.15, -0.1) is 0 Å². The van der Waals surface area contributed by atoms with Crippen LogP contribution in [0.4, 0.5) is 0 Å². The second-order valence-electron chi connectivity index (χ2n) is 5.19. The second-order valence-corrected chi connectivity index (χ2v) is 5.60. The molecule has 102 valence electrons. The zero-order valence-electron chi connectivity index (χ0n) is 11.3. The standard InChI is InChI=1S/C12H22ClN5/c1-16-5-4-6-17(2)10(8-16)11(14)12-9(13)7-15-18(12)3/h7,10-11H,4-6,8,14H2,1-3H3. The first-order valence-corrected chi connectivity index (χ1v) is 6.70. The highest BCUT2D eigenvalue weighted by Gasteiger charge is 2.30. The lowest BCUT2D eigenvalue weighted by atomic mass is 10.0. The van der Waals surface area contributed by atoms with Crippen molar-refractivity contribution in [2.45, 2.75) is 18.5 Å². The number of hydrogen-bond donors (Lipinski definition) is 1. The second kappa shape index (κ2) is 5.57. The van der Waals surface area contributed by atoms with Crippen LogP contribution in [0.25, 0.3) is 0 Å². The highest BCUT2D eigenvalue weighted by Crippen LogP contribution is 2.26. The van der Waals surface area contributed by atoms with E-state index in [0.29, 0.717) is 5.02 Å². The highest BCUT2D eigenvalue weighted by atomic mass is 35.5. The molecule has 2 rings (SSSR count). The maximum absolute atomic E-state index is 6.42. The van der Waals surface area contributed by atoms with Crippen LogP contribution in [-0.4, -0.2) is 59.4 Å². The van der Waals surface area contributed by atoms with E-state index in [-0.39, 0.29) is 12.1 Å². The third kappa shape index (κ3) is 2.69. The number of rotatable bonds is 2. The number of nitrogens with two attached hydrogens (primary N) is 1. The molecule has 5 nitrogen and oxygen atoms in total. The minimum absolute atomic E-state index is 0.115. The number of aryl methyl sites for hydroxylation is 1. The third-order valence-corrected chi connectivity index (χ3v) is 4.07. The van der Waals surface area contributed by atoms with Gasteiger partial charge in [0.05, 0.1) is 23.0 Å². The fraction of sp³-hybridized carbons (Fsp3) is 0.750. The molecule has 1 aromatic rings. The van der Waals surface area contributed by atoms with Gasteiger partial charge in [-0.2, -0.15) is 5.10 Å². The topological polar surface area (TPSA) is 50.3 Å². The predicted octanol–water partition coefficient (Wildman–Crippen LogP) is 0.709. The number of aromatic nitrogens is 2. The Hall–Kier alpha value is -0.620. The Kier molecular flexibility index (Phi) is 4.27. The van der Waals surface area contributed by atoms with E-state index in [1.807, 2.05) is 7.05 Å². The number of halogens is 1. The molecule has 6 heteroatoms. The Morgan fingerprint density at radius 1 is 1.39 bits per heavy atom. The molecule has 2 heterocycles. The van der Waals surface area contributed by atoms with Gasteiger partial charge in [0, 0.05) is 19.6 Å². The number of hydrogen-bond acceptors (Lipinski definition) is 4. The molecule has 0 spiro atoms. The highest BCUT2D eigenvalue weighted by molar-refractivity contribution is 6.31. The van der Waals surface area contributed by atoms with Gasteiger partial charge >= 0.3 is 0 Å². The monoisotopic (exact) mass is 271 g/mol.